The number of aromatic nitrogens is 1. The maximum absolute atomic E-state index is 13.0. The highest BCUT2D eigenvalue weighted by Crippen LogP contribution is 2.09. The van der Waals surface area contributed by atoms with Crippen molar-refractivity contribution >= 4 is 11.7 Å². The summed E-state index contributed by atoms with van der Waals surface area (Å²) in [5.74, 6) is -0.925. The highest BCUT2D eigenvalue weighted by Gasteiger charge is 2.12. The summed E-state index contributed by atoms with van der Waals surface area (Å²) in [7, 11) is 0. The number of ether oxygens (including phenoxy) is 1. The van der Waals surface area contributed by atoms with E-state index < -0.39 is 11.7 Å². The molecule has 1 aromatic heterocycles. The lowest BCUT2D eigenvalue weighted by molar-refractivity contribution is 0.0374. The minimum Gasteiger partial charge on any atom is -0.383 e. The molecule has 1 amide bonds. The molecule has 0 saturated carbocycles. The number of nitrogens with two attached hydrogens (primary N) is 1. The van der Waals surface area contributed by atoms with Crippen LogP contribution in [-0.2, 0) is 4.74 Å². The predicted molar refractivity (Wildman–Crippen MR) is 72.8 cm³/mol. The van der Waals surface area contributed by atoms with Gasteiger partial charge in [0.05, 0.1) is 25.0 Å². The first-order valence-electron chi connectivity index (χ1n) is 6.66. The number of nitrogen functional groups attached to an aromatic ring is 1. The van der Waals surface area contributed by atoms with Crippen molar-refractivity contribution in [2.45, 2.75) is 6.42 Å². The Morgan fingerprint density at radius 2 is 2.25 bits per heavy atom. The Kier molecular flexibility index (Phi) is 5.25. The van der Waals surface area contributed by atoms with Crippen LogP contribution in [0.4, 0.5) is 10.2 Å². The third kappa shape index (κ3) is 4.14. The molecule has 3 N–H and O–H groups in total. The lowest BCUT2D eigenvalue weighted by atomic mass is 10.2. The number of amides is 1. The second-order valence-electron chi connectivity index (χ2n) is 4.65. The molecule has 0 bridgehead atoms. The molecule has 0 atom stereocenters. The highest BCUT2D eigenvalue weighted by molar-refractivity contribution is 5.98. The van der Waals surface area contributed by atoms with Gasteiger partial charge in [0.1, 0.15) is 11.6 Å². The van der Waals surface area contributed by atoms with Gasteiger partial charge >= 0.3 is 0 Å². The highest BCUT2D eigenvalue weighted by atomic mass is 19.1. The molecule has 0 radical (unpaired) electrons. The smallest absolute Gasteiger partial charge is 0.255 e. The van der Waals surface area contributed by atoms with Gasteiger partial charge in [0.2, 0.25) is 0 Å². The second kappa shape index (κ2) is 7.16. The standard InChI is InChI=1S/C13H19FN4O2/c14-10-8-11(12(15)17-9-10)13(19)16-2-1-3-18-4-6-20-7-5-18/h8-9H,1-7H2,(H2,15,17)(H,16,19). The van der Waals surface area contributed by atoms with E-state index in [0.29, 0.717) is 6.54 Å². The quantitative estimate of drug-likeness (QED) is 0.757. The Balaban J connectivity index is 1.73. The first-order chi connectivity index (χ1) is 9.66. The Hall–Kier alpha value is -1.73. The van der Waals surface area contributed by atoms with Crippen molar-refractivity contribution in [3.63, 3.8) is 0 Å². The topological polar surface area (TPSA) is 80.5 Å². The second-order valence-corrected chi connectivity index (χ2v) is 4.65. The Bertz CT molecular complexity index is 464. The van der Waals surface area contributed by atoms with E-state index >= 15 is 0 Å². The largest absolute Gasteiger partial charge is 0.383 e. The molecule has 1 fully saturated rings. The number of hydrogen-bond donors (Lipinski definition) is 2. The SMILES string of the molecule is Nc1ncc(F)cc1C(=O)NCCCN1CCOCC1. The summed E-state index contributed by atoms with van der Waals surface area (Å²) in [5.41, 5.74) is 5.63. The van der Waals surface area contributed by atoms with Crippen LogP contribution in [0.2, 0.25) is 0 Å². The fourth-order valence-electron chi connectivity index (χ4n) is 2.06. The third-order valence-corrected chi connectivity index (χ3v) is 3.17. The van der Waals surface area contributed by atoms with Crippen molar-refractivity contribution in [1.82, 2.24) is 15.2 Å². The van der Waals surface area contributed by atoms with E-state index in [2.05, 4.69) is 15.2 Å². The molecule has 0 spiro atoms. The van der Waals surface area contributed by atoms with Gasteiger partial charge in [-0.25, -0.2) is 9.37 Å². The lowest BCUT2D eigenvalue weighted by Crippen LogP contribution is -2.38. The van der Waals surface area contributed by atoms with Crippen molar-refractivity contribution in [2.24, 2.45) is 0 Å². The molecule has 6 nitrogen and oxygen atoms in total. The molecule has 1 saturated heterocycles. The molecular formula is C13H19FN4O2. The third-order valence-electron chi connectivity index (χ3n) is 3.17. The van der Waals surface area contributed by atoms with E-state index in [0.717, 1.165) is 51.5 Å². The maximum Gasteiger partial charge on any atom is 0.255 e. The summed E-state index contributed by atoms with van der Waals surface area (Å²) in [4.78, 5) is 17.7. The summed E-state index contributed by atoms with van der Waals surface area (Å²) in [6.07, 6.45) is 1.82. The van der Waals surface area contributed by atoms with Crippen LogP contribution in [0.5, 0.6) is 0 Å². The van der Waals surface area contributed by atoms with Gasteiger partial charge < -0.3 is 15.8 Å². The average molecular weight is 282 g/mol. The molecule has 0 aromatic carbocycles. The van der Waals surface area contributed by atoms with E-state index in [-0.39, 0.29) is 11.4 Å². The fraction of sp³-hybridized carbons (Fsp3) is 0.538. The maximum atomic E-state index is 13.0. The van der Waals surface area contributed by atoms with Crippen LogP contribution in [0.15, 0.2) is 12.3 Å². The van der Waals surface area contributed by atoms with Crippen molar-refractivity contribution in [3.8, 4) is 0 Å². The van der Waals surface area contributed by atoms with Crippen LogP contribution in [0, 0.1) is 5.82 Å². The molecule has 110 valence electrons. The van der Waals surface area contributed by atoms with E-state index in [1.165, 1.54) is 0 Å². The molecular weight excluding hydrogens is 263 g/mol. The van der Waals surface area contributed by atoms with Gasteiger partial charge in [0.15, 0.2) is 0 Å². The normalized spacial score (nSPS) is 16.1. The summed E-state index contributed by atoms with van der Waals surface area (Å²) in [5, 5.41) is 2.72. The Labute approximate surface area is 117 Å². The number of rotatable bonds is 5. The summed E-state index contributed by atoms with van der Waals surface area (Å²) in [6.45, 7) is 4.80. The van der Waals surface area contributed by atoms with Gasteiger partial charge in [0.25, 0.3) is 5.91 Å². The molecule has 2 rings (SSSR count). The summed E-state index contributed by atoms with van der Waals surface area (Å²) in [6, 6.07) is 1.10. The van der Waals surface area contributed by atoms with Gasteiger partial charge in [0, 0.05) is 19.6 Å². The molecule has 1 aliphatic rings. The van der Waals surface area contributed by atoms with Gasteiger partial charge in [-0.1, -0.05) is 0 Å². The minimum absolute atomic E-state index is 0.0390. The van der Waals surface area contributed by atoms with Gasteiger partial charge in [-0.3, -0.25) is 9.69 Å². The Morgan fingerprint density at radius 3 is 3.00 bits per heavy atom. The van der Waals surface area contributed by atoms with Crippen molar-refractivity contribution in [1.29, 1.82) is 0 Å². The van der Waals surface area contributed by atoms with Gasteiger partial charge in [-0.05, 0) is 19.0 Å². The first-order valence-corrected chi connectivity index (χ1v) is 6.66. The number of anilines is 1. The molecule has 0 aliphatic carbocycles. The number of carbonyl (C=O) groups excluding carboxylic acids is 1. The monoisotopic (exact) mass is 282 g/mol. The van der Waals surface area contributed by atoms with Crippen LogP contribution in [0.1, 0.15) is 16.8 Å². The van der Waals surface area contributed by atoms with Crippen LogP contribution >= 0.6 is 0 Å². The molecule has 20 heavy (non-hydrogen) atoms. The number of nitrogens with one attached hydrogen (secondary N) is 1. The zero-order valence-electron chi connectivity index (χ0n) is 11.3. The predicted octanol–water partition coefficient (Wildman–Crippen LogP) is 0.255. The van der Waals surface area contributed by atoms with E-state index in [1.807, 2.05) is 0 Å². The zero-order chi connectivity index (χ0) is 14.4. The Morgan fingerprint density at radius 1 is 1.50 bits per heavy atom. The van der Waals surface area contributed by atoms with Crippen molar-refractivity contribution in [2.75, 3.05) is 45.1 Å². The molecule has 1 aromatic rings. The number of morpholine rings is 1. The zero-order valence-corrected chi connectivity index (χ0v) is 11.3. The number of hydrogen-bond acceptors (Lipinski definition) is 5. The lowest BCUT2D eigenvalue weighted by Gasteiger charge is -2.26. The number of nitrogens with zero attached hydrogens (tertiary/aromatic N) is 2. The molecule has 7 heteroatoms. The number of carbonyl (C=O) groups is 1. The molecule has 1 aliphatic heterocycles. The van der Waals surface area contributed by atoms with Crippen LogP contribution in [0.25, 0.3) is 0 Å². The molecule has 0 unspecified atom stereocenters. The fourth-order valence-corrected chi connectivity index (χ4v) is 2.06. The number of pyridine rings is 1. The average Bonchev–Trinajstić information content (AvgIpc) is 2.47. The van der Waals surface area contributed by atoms with Crippen LogP contribution < -0.4 is 11.1 Å². The van der Waals surface area contributed by atoms with Crippen molar-refractivity contribution in [3.05, 3.63) is 23.6 Å². The van der Waals surface area contributed by atoms with Crippen LogP contribution in [0.3, 0.4) is 0 Å². The minimum atomic E-state index is -0.572. The van der Waals surface area contributed by atoms with Gasteiger partial charge in [-0.2, -0.15) is 0 Å². The van der Waals surface area contributed by atoms with E-state index in [1.54, 1.807) is 0 Å². The summed E-state index contributed by atoms with van der Waals surface area (Å²) >= 11 is 0. The van der Waals surface area contributed by atoms with Crippen LogP contribution in [-0.4, -0.2) is 55.2 Å². The molecule has 2 heterocycles. The van der Waals surface area contributed by atoms with E-state index in [4.69, 9.17) is 10.5 Å². The van der Waals surface area contributed by atoms with Gasteiger partial charge in [-0.15, -0.1) is 0 Å². The first kappa shape index (κ1) is 14.7. The van der Waals surface area contributed by atoms with Crippen molar-refractivity contribution < 1.29 is 13.9 Å². The number of halogens is 1. The van der Waals surface area contributed by atoms with E-state index in [9.17, 15) is 9.18 Å². The summed E-state index contributed by atoms with van der Waals surface area (Å²) < 4.78 is 18.3.